The molecule has 86 valence electrons. The van der Waals surface area contributed by atoms with Gasteiger partial charge in [0.2, 0.25) is 0 Å². The predicted molar refractivity (Wildman–Crippen MR) is 70.8 cm³/mol. The number of hydrogen-bond donors (Lipinski definition) is 1. The molecule has 0 bridgehead atoms. The van der Waals surface area contributed by atoms with Gasteiger partial charge in [0.15, 0.2) is 0 Å². The van der Waals surface area contributed by atoms with E-state index in [9.17, 15) is 0 Å². The summed E-state index contributed by atoms with van der Waals surface area (Å²) in [6.45, 7) is 0. The van der Waals surface area contributed by atoms with Gasteiger partial charge in [-0.25, -0.2) is 0 Å². The lowest BCUT2D eigenvalue weighted by Crippen LogP contribution is -2.05. The molecule has 4 heteroatoms. The Morgan fingerprint density at radius 1 is 1.29 bits per heavy atom. The van der Waals surface area contributed by atoms with Crippen molar-refractivity contribution in [2.24, 2.45) is 0 Å². The molecule has 2 nitrogen and oxygen atoms in total. The van der Waals surface area contributed by atoms with Gasteiger partial charge in [-0.2, -0.15) is 0 Å². The summed E-state index contributed by atoms with van der Waals surface area (Å²) in [6.07, 6.45) is 4.52. The Balaban J connectivity index is 1.96. The molecule has 0 aliphatic carbocycles. The Bertz CT molecular complexity index is 555. The SMILES string of the molecule is Clc1cc(Cl)c2c(c1)NC(c1cccnc1)C2. The summed E-state index contributed by atoms with van der Waals surface area (Å²) in [5.74, 6) is 0. The number of halogens is 2. The van der Waals surface area contributed by atoms with E-state index in [1.807, 2.05) is 18.3 Å². The van der Waals surface area contributed by atoms with Crippen molar-refractivity contribution in [3.8, 4) is 0 Å². The first-order chi connectivity index (χ1) is 8.24. The topological polar surface area (TPSA) is 24.9 Å². The van der Waals surface area contributed by atoms with E-state index in [1.54, 1.807) is 12.3 Å². The predicted octanol–water partition coefficient (Wildman–Crippen LogP) is 4.10. The van der Waals surface area contributed by atoms with E-state index in [0.717, 1.165) is 28.3 Å². The van der Waals surface area contributed by atoms with Gasteiger partial charge in [-0.15, -0.1) is 0 Å². The lowest BCUT2D eigenvalue weighted by Gasteiger charge is -2.10. The minimum atomic E-state index is 0.231. The van der Waals surface area contributed by atoms with Crippen LogP contribution < -0.4 is 5.32 Å². The average molecular weight is 265 g/mol. The summed E-state index contributed by atoms with van der Waals surface area (Å²) in [7, 11) is 0. The Hall–Kier alpha value is -1.25. The minimum Gasteiger partial charge on any atom is -0.378 e. The fourth-order valence-corrected chi connectivity index (χ4v) is 2.74. The van der Waals surface area contributed by atoms with E-state index in [2.05, 4.69) is 16.4 Å². The van der Waals surface area contributed by atoms with E-state index < -0.39 is 0 Å². The molecule has 1 aliphatic heterocycles. The van der Waals surface area contributed by atoms with Gasteiger partial charge in [0.05, 0.1) is 6.04 Å². The van der Waals surface area contributed by atoms with Crippen molar-refractivity contribution in [2.45, 2.75) is 12.5 Å². The summed E-state index contributed by atoms with van der Waals surface area (Å²) >= 11 is 12.2. The zero-order chi connectivity index (χ0) is 11.8. The molecule has 3 rings (SSSR count). The number of fused-ring (bicyclic) bond motifs is 1. The highest BCUT2D eigenvalue weighted by molar-refractivity contribution is 6.35. The van der Waals surface area contributed by atoms with Crippen LogP contribution in [0.3, 0.4) is 0 Å². The molecule has 1 aliphatic rings. The van der Waals surface area contributed by atoms with Crippen LogP contribution in [0.4, 0.5) is 5.69 Å². The minimum absolute atomic E-state index is 0.231. The second kappa shape index (κ2) is 4.21. The number of rotatable bonds is 1. The Labute approximate surface area is 110 Å². The molecule has 1 N–H and O–H groups in total. The van der Waals surface area contributed by atoms with Crippen LogP contribution in [0.5, 0.6) is 0 Å². The smallest absolute Gasteiger partial charge is 0.0570 e. The van der Waals surface area contributed by atoms with Crippen LogP contribution in [0.15, 0.2) is 36.7 Å². The normalized spacial score (nSPS) is 17.6. The monoisotopic (exact) mass is 264 g/mol. The van der Waals surface area contributed by atoms with Crippen LogP contribution in [0.1, 0.15) is 17.2 Å². The van der Waals surface area contributed by atoms with Crippen molar-refractivity contribution >= 4 is 28.9 Å². The van der Waals surface area contributed by atoms with Gasteiger partial charge in [-0.1, -0.05) is 29.3 Å². The fraction of sp³-hybridized carbons (Fsp3) is 0.154. The van der Waals surface area contributed by atoms with E-state index in [1.165, 1.54) is 0 Å². The zero-order valence-electron chi connectivity index (χ0n) is 8.95. The van der Waals surface area contributed by atoms with E-state index >= 15 is 0 Å². The number of benzene rings is 1. The first-order valence-electron chi connectivity index (χ1n) is 5.38. The summed E-state index contributed by atoms with van der Waals surface area (Å²) < 4.78 is 0. The molecule has 1 atom stereocenters. The highest BCUT2D eigenvalue weighted by Gasteiger charge is 2.24. The molecule has 2 heterocycles. The van der Waals surface area contributed by atoms with Crippen molar-refractivity contribution in [1.82, 2.24) is 4.98 Å². The van der Waals surface area contributed by atoms with Gasteiger partial charge >= 0.3 is 0 Å². The molecule has 1 unspecified atom stereocenters. The molecule has 1 aromatic carbocycles. The highest BCUT2D eigenvalue weighted by atomic mass is 35.5. The Kier molecular flexibility index (Phi) is 2.69. The van der Waals surface area contributed by atoms with Gasteiger partial charge in [0, 0.05) is 34.5 Å². The third-order valence-corrected chi connectivity index (χ3v) is 3.54. The third kappa shape index (κ3) is 1.99. The largest absolute Gasteiger partial charge is 0.378 e. The number of aromatic nitrogens is 1. The molecule has 17 heavy (non-hydrogen) atoms. The van der Waals surface area contributed by atoms with Crippen LogP contribution in [0, 0.1) is 0 Å². The summed E-state index contributed by atoms with van der Waals surface area (Å²) in [5, 5.41) is 4.81. The van der Waals surface area contributed by atoms with Crippen molar-refractivity contribution < 1.29 is 0 Å². The molecule has 2 aromatic rings. The van der Waals surface area contributed by atoms with Crippen molar-refractivity contribution in [1.29, 1.82) is 0 Å². The van der Waals surface area contributed by atoms with E-state index in [-0.39, 0.29) is 6.04 Å². The maximum Gasteiger partial charge on any atom is 0.0570 e. The number of pyridine rings is 1. The average Bonchev–Trinajstić information content (AvgIpc) is 2.74. The standard InChI is InChI=1S/C13H10Cl2N2/c14-9-4-11(15)10-6-12(17-13(10)5-9)8-2-1-3-16-7-8/h1-5,7,12,17H,6H2. The van der Waals surface area contributed by atoms with Crippen molar-refractivity contribution in [2.75, 3.05) is 5.32 Å². The summed E-state index contributed by atoms with van der Waals surface area (Å²) in [6, 6.07) is 7.93. The lowest BCUT2D eigenvalue weighted by molar-refractivity contribution is 0.818. The lowest BCUT2D eigenvalue weighted by atomic mass is 10.0. The number of nitrogens with one attached hydrogen (secondary N) is 1. The molecule has 0 saturated heterocycles. The first kappa shape index (κ1) is 10.9. The van der Waals surface area contributed by atoms with Gasteiger partial charge in [-0.3, -0.25) is 4.98 Å². The third-order valence-electron chi connectivity index (χ3n) is 2.99. The van der Waals surface area contributed by atoms with Gasteiger partial charge < -0.3 is 5.32 Å². The molecule has 0 radical (unpaired) electrons. The highest BCUT2D eigenvalue weighted by Crippen LogP contribution is 2.39. The molecule has 1 aromatic heterocycles. The van der Waals surface area contributed by atoms with Crippen LogP contribution in [-0.4, -0.2) is 4.98 Å². The molecule has 0 fully saturated rings. The van der Waals surface area contributed by atoms with E-state index in [0.29, 0.717) is 5.02 Å². The first-order valence-corrected chi connectivity index (χ1v) is 6.14. The maximum atomic E-state index is 6.19. The fourth-order valence-electron chi connectivity index (χ4n) is 2.17. The number of nitrogens with zero attached hydrogens (tertiary/aromatic N) is 1. The Morgan fingerprint density at radius 2 is 2.18 bits per heavy atom. The molecule has 0 saturated carbocycles. The molecule has 0 spiro atoms. The van der Waals surface area contributed by atoms with E-state index in [4.69, 9.17) is 23.2 Å². The molecule has 0 amide bonds. The quantitative estimate of drug-likeness (QED) is 0.839. The Morgan fingerprint density at radius 3 is 2.94 bits per heavy atom. The summed E-state index contributed by atoms with van der Waals surface area (Å²) in [5.41, 5.74) is 3.32. The number of hydrogen-bond acceptors (Lipinski definition) is 2. The summed E-state index contributed by atoms with van der Waals surface area (Å²) in [4.78, 5) is 4.13. The zero-order valence-corrected chi connectivity index (χ0v) is 10.5. The van der Waals surface area contributed by atoms with Crippen LogP contribution >= 0.6 is 23.2 Å². The van der Waals surface area contributed by atoms with Crippen molar-refractivity contribution in [3.63, 3.8) is 0 Å². The van der Waals surface area contributed by atoms with Crippen molar-refractivity contribution in [3.05, 3.63) is 57.8 Å². The second-order valence-electron chi connectivity index (χ2n) is 4.10. The van der Waals surface area contributed by atoms with Gasteiger partial charge in [0.1, 0.15) is 0 Å². The van der Waals surface area contributed by atoms with Gasteiger partial charge in [-0.05, 0) is 29.3 Å². The van der Waals surface area contributed by atoms with Crippen LogP contribution in [0.25, 0.3) is 0 Å². The van der Waals surface area contributed by atoms with Crippen LogP contribution in [-0.2, 0) is 6.42 Å². The van der Waals surface area contributed by atoms with Gasteiger partial charge in [0.25, 0.3) is 0 Å². The molecular weight excluding hydrogens is 255 g/mol. The maximum absolute atomic E-state index is 6.19. The second-order valence-corrected chi connectivity index (χ2v) is 4.94. The van der Waals surface area contributed by atoms with Crippen LogP contribution in [0.2, 0.25) is 10.0 Å². The molecular formula is C13H10Cl2N2. The number of anilines is 1.